The minimum atomic E-state index is -0.304. The Balaban J connectivity index is 2.12. The summed E-state index contributed by atoms with van der Waals surface area (Å²) < 4.78 is 23.4. The van der Waals surface area contributed by atoms with E-state index in [4.69, 9.17) is 9.47 Å². The number of hydrogen-bond donors (Lipinski definition) is 1. The molecule has 2 aromatic rings. The molecule has 6 heteroatoms. The van der Waals surface area contributed by atoms with Crippen molar-refractivity contribution in [2.24, 2.45) is 0 Å². The zero-order chi connectivity index (χ0) is 17.7. The summed E-state index contributed by atoms with van der Waals surface area (Å²) in [4.78, 5) is 14.0. The van der Waals surface area contributed by atoms with Crippen LogP contribution in [0.4, 0.5) is 14.9 Å². The van der Waals surface area contributed by atoms with Gasteiger partial charge in [0.05, 0.1) is 20.3 Å². The van der Waals surface area contributed by atoms with E-state index in [9.17, 15) is 9.18 Å². The van der Waals surface area contributed by atoms with Gasteiger partial charge >= 0.3 is 6.03 Å². The molecule has 24 heavy (non-hydrogen) atoms. The molecule has 0 aliphatic rings. The summed E-state index contributed by atoms with van der Waals surface area (Å²) in [7, 11) is 4.77. The van der Waals surface area contributed by atoms with E-state index in [1.807, 2.05) is 6.92 Å². The highest BCUT2D eigenvalue weighted by Gasteiger charge is 2.18. The molecule has 0 radical (unpaired) electrons. The van der Waals surface area contributed by atoms with Crippen molar-refractivity contribution in [1.29, 1.82) is 0 Å². The third-order valence-corrected chi connectivity index (χ3v) is 3.86. The number of amides is 2. The maximum Gasteiger partial charge on any atom is 0.322 e. The lowest BCUT2D eigenvalue weighted by atomic mass is 10.1. The number of nitrogens with zero attached hydrogens (tertiary/aromatic N) is 1. The van der Waals surface area contributed by atoms with Gasteiger partial charge in [-0.05, 0) is 24.6 Å². The van der Waals surface area contributed by atoms with Crippen molar-refractivity contribution in [3.63, 3.8) is 0 Å². The molecule has 1 atom stereocenters. The Morgan fingerprint density at radius 3 is 2.12 bits per heavy atom. The predicted octanol–water partition coefficient (Wildman–Crippen LogP) is 4.07. The Kier molecular flexibility index (Phi) is 5.63. The number of carbonyl (C=O) groups excluding carboxylic acids is 1. The van der Waals surface area contributed by atoms with Crippen molar-refractivity contribution in [2.75, 3.05) is 26.6 Å². The standard InChI is InChI=1S/C18H21FN2O3/c1-12(13-5-7-14(19)8-6-13)21(2)18(22)20-15-9-16(23-3)11-17(10-15)24-4/h5-12H,1-4H3,(H,20,22)/t12-/m1/s1. The first-order valence-electron chi connectivity index (χ1n) is 7.47. The van der Waals surface area contributed by atoms with Crippen molar-refractivity contribution in [3.05, 3.63) is 53.8 Å². The molecule has 5 nitrogen and oxygen atoms in total. The monoisotopic (exact) mass is 332 g/mol. The van der Waals surface area contributed by atoms with Crippen molar-refractivity contribution >= 4 is 11.7 Å². The maximum absolute atomic E-state index is 13.0. The van der Waals surface area contributed by atoms with Crippen LogP contribution in [0.15, 0.2) is 42.5 Å². The van der Waals surface area contributed by atoms with E-state index in [0.717, 1.165) is 5.56 Å². The van der Waals surface area contributed by atoms with Gasteiger partial charge in [-0.15, -0.1) is 0 Å². The van der Waals surface area contributed by atoms with Crippen molar-refractivity contribution < 1.29 is 18.7 Å². The Bertz CT molecular complexity index is 682. The van der Waals surface area contributed by atoms with Crippen LogP contribution in [0.3, 0.4) is 0 Å². The molecule has 0 heterocycles. The summed E-state index contributed by atoms with van der Waals surface area (Å²) in [6, 6.07) is 10.7. The predicted molar refractivity (Wildman–Crippen MR) is 91.1 cm³/mol. The first kappa shape index (κ1) is 17.6. The lowest BCUT2D eigenvalue weighted by Crippen LogP contribution is -2.33. The Labute approximate surface area is 141 Å². The summed E-state index contributed by atoms with van der Waals surface area (Å²) in [6.07, 6.45) is 0. The largest absolute Gasteiger partial charge is 0.497 e. The molecule has 0 fully saturated rings. The summed E-state index contributed by atoms with van der Waals surface area (Å²) >= 11 is 0. The van der Waals surface area contributed by atoms with Crippen molar-refractivity contribution in [3.8, 4) is 11.5 Å². The first-order chi connectivity index (χ1) is 11.4. The van der Waals surface area contributed by atoms with E-state index in [0.29, 0.717) is 17.2 Å². The van der Waals surface area contributed by atoms with Gasteiger partial charge in [-0.3, -0.25) is 0 Å². The number of benzene rings is 2. The van der Waals surface area contributed by atoms with E-state index in [1.54, 1.807) is 56.5 Å². The number of urea groups is 1. The highest BCUT2D eigenvalue weighted by Crippen LogP contribution is 2.27. The minimum absolute atomic E-state index is 0.210. The summed E-state index contributed by atoms with van der Waals surface area (Å²) in [5.41, 5.74) is 1.41. The molecule has 0 aliphatic heterocycles. The summed E-state index contributed by atoms with van der Waals surface area (Å²) in [6.45, 7) is 1.87. The van der Waals surface area contributed by atoms with E-state index < -0.39 is 0 Å². The number of carbonyl (C=O) groups is 1. The van der Waals surface area contributed by atoms with Gasteiger partial charge in [0.15, 0.2) is 0 Å². The fourth-order valence-electron chi connectivity index (χ4n) is 2.23. The molecule has 2 rings (SSSR count). The normalized spacial score (nSPS) is 11.5. The number of halogens is 1. The zero-order valence-corrected chi connectivity index (χ0v) is 14.2. The number of rotatable bonds is 5. The van der Waals surface area contributed by atoms with Gasteiger partial charge in [-0.25, -0.2) is 9.18 Å². The van der Waals surface area contributed by atoms with Gasteiger partial charge < -0.3 is 19.7 Å². The molecule has 0 spiro atoms. The summed E-state index contributed by atoms with van der Waals surface area (Å²) in [5, 5.41) is 2.81. The average molecular weight is 332 g/mol. The summed E-state index contributed by atoms with van der Waals surface area (Å²) in [5.74, 6) is 0.860. The number of nitrogens with one attached hydrogen (secondary N) is 1. The van der Waals surface area contributed by atoms with E-state index >= 15 is 0 Å². The second-order valence-corrected chi connectivity index (χ2v) is 5.37. The van der Waals surface area contributed by atoms with Gasteiger partial charge in [-0.2, -0.15) is 0 Å². The Morgan fingerprint density at radius 1 is 1.08 bits per heavy atom. The van der Waals surface area contributed by atoms with Crippen LogP contribution >= 0.6 is 0 Å². The molecule has 0 saturated heterocycles. The first-order valence-corrected chi connectivity index (χ1v) is 7.47. The topological polar surface area (TPSA) is 50.8 Å². The number of methoxy groups -OCH3 is 2. The lowest BCUT2D eigenvalue weighted by Gasteiger charge is -2.25. The van der Waals surface area contributed by atoms with Crippen molar-refractivity contribution in [1.82, 2.24) is 4.90 Å². The highest BCUT2D eigenvalue weighted by molar-refractivity contribution is 5.90. The quantitative estimate of drug-likeness (QED) is 0.898. The van der Waals surface area contributed by atoms with Gasteiger partial charge in [0.2, 0.25) is 0 Å². The van der Waals surface area contributed by atoms with Crippen LogP contribution in [0.1, 0.15) is 18.5 Å². The van der Waals surface area contributed by atoms with E-state index in [-0.39, 0.29) is 17.9 Å². The molecular formula is C18H21FN2O3. The van der Waals surface area contributed by atoms with Crippen LogP contribution in [0.25, 0.3) is 0 Å². The molecule has 0 aliphatic carbocycles. The van der Waals surface area contributed by atoms with Crippen LogP contribution in [0, 0.1) is 5.82 Å². The maximum atomic E-state index is 13.0. The van der Waals surface area contributed by atoms with E-state index in [1.165, 1.54) is 12.1 Å². The Hall–Kier alpha value is -2.76. The molecule has 1 N–H and O–H groups in total. The van der Waals surface area contributed by atoms with Crippen LogP contribution < -0.4 is 14.8 Å². The molecule has 2 aromatic carbocycles. The fraction of sp³-hybridized carbons (Fsp3) is 0.278. The van der Waals surface area contributed by atoms with Gasteiger partial charge in [0.25, 0.3) is 0 Å². The molecule has 0 unspecified atom stereocenters. The molecular weight excluding hydrogens is 311 g/mol. The SMILES string of the molecule is COc1cc(NC(=O)N(C)[C@H](C)c2ccc(F)cc2)cc(OC)c1. The second-order valence-electron chi connectivity index (χ2n) is 5.37. The fourth-order valence-corrected chi connectivity index (χ4v) is 2.23. The molecule has 128 valence electrons. The number of hydrogen-bond acceptors (Lipinski definition) is 3. The van der Waals surface area contributed by atoms with Gasteiger partial charge in [0.1, 0.15) is 17.3 Å². The van der Waals surface area contributed by atoms with Gasteiger partial charge in [0, 0.05) is 30.9 Å². The van der Waals surface area contributed by atoms with Crippen LogP contribution in [0.5, 0.6) is 11.5 Å². The third kappa shape index (κ3) is 4.16. The van der Waals surface area contributed by atoms with Crippen LogP contribution in [-0.4, -0.2) is 32.2 Å². The molecule has 0 saturated carbocycles. The number of anilines is 1. The lowest BCUT2D eigenvalue weighted by molar-refractivity contribution is 0.208. The minimum Gasteiger partial charge on any atom is -0.497 e. The average Bonchev–Trinajstić information content (AvgIpc) is 2.60. The van der Waals surface area contributed by atoms with Crippen molar-refractivity contribution in [2.45, 2.75) is 13.0 Å². The highest BCUT2D eigenvalue weighted by atomic mass is 19.1. The van der Waals surface area contributed by atoms with Crippen LogP contribution in [-0.2, 0) is 0 Å². The molecule has 0 bridgehead atoms. The zero-order valence-electron chi connectivity index (χ0n) is 14.2. The van der Waals surface area contributed by atoms with Gasteiger partial charge in [-0.1, -0.05) is 12.1 Å². The van der Waals surface area contributed by atoms with Crippen LogP contribution in [0.2, 0.25) is 0 Å². The number of ether oxygens (including phenoxy) is 2. The van der Waals surface area contributed by atoms with E-state index in [2.05, 4.69) is 5.32 Å². The molecule has 2 amide bonds. The molecule has 0 aromatic heterocycles. The Morgan fingerprint density at radius 2 is 1.62 bits per heavy atom. The second kappa shape index (κ2) is 7.68. The third-order valence-electron chi connectivity index (χ3n) is 3.86. The smallest absolute Gasteiger partial charge is 0.322 e.